The maximum Gasteiger partial charge on any atom is 0.332 e. The molecule has 6 fully saturated rings. The maximum atomic E-state index is 14.5. The number of hydrogen-bond donors (Lipinski definition) is 3. The fourth-order valence-corrected chi connectivity index (χ4v) is 12.3. The second-order valence-electron chi connectivity index (χ2n) is 21.2. The van der Waals surface area contributed by atoms with Crippen molar-refractivity contribution in [3.63, 3.8) is 0 Å². The molecule has 5 amide bonds. The topological polar surface area (TPSA) is 170 Å². The predicted octanol–water partition coefficient (Wildman–Crippen LogP) is 5.58. The van der Waals surface area contributed by atoms with Gasteiger partial charge in [0.05, 0.1) is 17.6 Å². The zero-order valence-electron chi connectivity index (χ0n) is 42.3. The van der Waals surface area contributed by atoms with Crippen LogP contribution in [0.1, 0.15) is 135 Å². The fourth-order valence-electron chi connectivity index (χ4n) is 12.3. The molecule has 3 unspecified atom stereocenters. The van der Waals surface area contributed by atoms with Crippen molar-refractivity contribution in [1.82, 2.24) is 30.7 Å². The zero-order chi connectivity index (χ0) is 50.2. The number of ether oxygens (including phenoxy) is 2. The molecular formula is C56H74N7O8+. The van der Waals surface area contributed by atoms with Gasteiger partial charge < -0.3 is 40.1 Å². The van der Waals surface area contributed by atoms with Crippen LogP contribution in [-0.4, -0.2) is 131 Å². The van der Waals surface area contributed by atoms with Crippen molar-refractivity contribution in [2.24, 2.45) is 17.3 Å². The third-order valence-electron chi connectivity index (χ3n) is 16.7. The monoisotopic (exact) mass is 973 g/mol. The highest BCUT2D eigenvalue weighted by molar-refractivity contribution is 5.91. The predicted molar refractivity (Wildman–Crippen MR) is 268 cm³/mol. The number of rotatable bonds is 15. The number of amides is 5. The molecule has 380 valence electrons. The van der Waals surface area contributed by atoms with E-state index >= 15 is 0 Å². The Bertz CT molecular complexity index is 2380. The number of piperidine rings is 1. The molecule has 5 saturated heterocycles. The van der Waals surface area contributed by atoms with Gasteiger partial charge in [0.1, 0.15) is 25.3 Å². The molecular weight excluding hydrogens is 899 g/mol. The van der Waals surface area contributed by atoms with E-state index in [1.807, 2.05) is 89.2 Å². The van der Waals surface area contributed by atoms with E-state index in [1.165, 1.54) is 0 Å². The smallest absolute Gasteiger partial charge is 0.332 e. The van der Waals surface area contributed by atoms with Gasteiger partial charge in [-0.15, -0.1) is 0 Å². The van der Waals surface area contributed by atoms with Crippen LogP contribution >= 0.6 is 0 Å². The second-order valence-corrected chi connectivity index (χ2v) is 21.2. The van der Waals surface area contributed by atoms with Crippen LogP contribution in [0.25, 0.3) is 0 Å². The molecule has 0 aromatic heterocycles. The number of nitrogens with one attached hydrogen (secondary N) is 3. The number of benzene rings is 2. The van der Waals surface area contributed by atoms with Crippen molar-refractivity contribution in [2.75, 3.05) is 33.4 Å². The Kier molecular flexibility index (Phi) is 17.0. The summed E-state index contributed by atoms with van der Waals surface area (Å²) >= 11 is 0. The average molecular weight is 973 g/mol. The molecule has 2 aromatic carbocycles. The lowest BCUT2D eigenvalue weighted by Gasteiger charge is -2.45. The molecule has 0 bridgehead atoms. The van der Waals surface area contributed by atoms with Gasteiger partial charge in [0.15, 0.2) is 6.10 Å². The van der Waals surface area contributed by atoms with Gasteiger partial charge in [0, 0.05) is 59.6 Å². The summed E-state index contributed by atoms with van der Waals surface area (Å²) in [5.74, 6) is 11.1. The summed E-state index contributed by atoms with van der Waals surface area (Å²) in [4.78, 5) is 88.7. The molecule has 3 N–H and O–H groups in total. The molecule has 15 nitrogen and oxygen atoms in total. The second kappa shape index (κ2) is 23.3. The van der Waals surface area contributed by atoms with E-state index in [0.29, 0.717) is 62.2 Å². The number of carbonyl (C=O) groups is 5. The summed E-state index contributed by atoms with van der Waals surface area (Å²) in [7, 11) is 1.72. The SMILES string of the molecule is CC[C@@H](C)C(=O)N[C@H]1CCC[C@H]2C[C@H]3CCC([N+](=O)C(OCC#CC#CCOC(C(=O)N4CC[C@]5(C)C[C@@H]6CCC[C@H](NC(=O)[C@H](C)NC)C(=O)N6[C@@H]5C4)c4ccccc4)c4ccccc4)C[C@H]3N2C1=O. The molecule has 1 aliphatic carbocycles. The minimum Gasteiger partial charge on any atom is -0.351 e. The van der Waals surface area contributed by atoms with Crippen LogP contribution in [0.2, 0.25) is 0 Å². The Balaban J connectivity index is 0.888. The van der Waals surface area contributed by atoms with Gasteiger partial charge in [-0.1, -0.05) is 81.1 Å². The number of fused-ring (bicyclic) bond motifs is 6. The van der Waals surface area contributed by atoms with Crippen LogP contribution in [0.3, 0.4) is 0 Å². The highest BCUT2D eigenvalue weighted by Crippen LogP contribution is 2.49. The number of likely N-dealkylation sites (N-methyl/N-ethyl adjacent to an activating group) is 1. The molecule has 0 spiro atoms. The van der Waals surface area contributed by atoms with E-state index in [9.17, 15) is 28.9 Å². The minimum atomic E-state index is -0.924. The first-order chi connectivity index (χ1) is 34.3. The third-order valence-corrected chi connectivity index (χ3v) is 16.7. The number of nitrogens with zero attached hydrogens (tertiary/aromatic N) is 4. The highest BCUT2D eigenvalue weighted by atomic mass is 16.5. The van der Waals surface area contributed by atoms with Crippen LogP contribution in [-0.2, 0) is 33.4 Å². The summed E-state index contributed by atoms with van der Waals surface area (Å²) in [5, 5.41) is 9.00. The first-order valence-electron chi connectivity index (χ1n) is 26.3. The summed E-state index contributed by atoms with van der Waals surface area (Å²) in [5.41, 5.74) is 1.26. The van der Waals surface area contributed by atoms with Crippen LogP contribution in [0.15, 0.2) is 60.7 Å². The Morgan fingerprint density at radius 2 is 1.41 bits per heavy atom. The first-order valence-corrected chi connectivity index (χ1v) is 26.3. The van der Waals surface area contributed by atoms with E-state index in [2.05, 4.69) is 46.6 Å². The van der Waals surface area contributed by atoms with Gasteiger partial charge in [-0.25, -0.2) is 0 Å². The van der Waals surface area contributed by atoms with Gasteiger partial charge in [-0.2, -0.15) is 0 Å². The summed E-state index contributed by atoms with van der Waals surface area (Å²) in [6.07, 6.45) is 8.17. The van der Waals surface area contributed by atoms with Crippen LogP contribution in [0, 0.1) is 45.8 Å². The quantitative estimate of drug-likeness (QED) is 0.117. The maximum absolute atomic E-state index is 14.5. The first kappa shape index (κ1) is 51.7. The van der Waals surface area contributed by atoms with Crippen LogP contribution in [0.5, 0.6) is 0 Å². The third kappa shape index (κ3) is 11.5. The molecule has 5 aliphatic heterocycles. The molecule has 71 heavy (non-hydrogen) atoms. The summed E-state index contributed by atoms with van der Waals surface area (Å²) in [6.45, 7) is 8.65. The number of likely N-dealkylation sites (tertiary alicyclic amines) is 1. The highest BCUT2D eigenvalue weighted by Gasteiger charge is 2.56. The number of hydrogen-bond acceptors (Lipinski definition) is 9. The molecule has 15 heteroatoms. The molecule has 5 heterocycles. The molecule has 1 saturated carbocycles. The normalized spacial score (nSPS) is 29.7. The Hall–Kier alpha value is -5.61. The zero-order valence-corrected chi connectivity index (χ0v) is 42.3. The lowest BCUT2D eigenvalue weighted by atomic mass is 9.75. The lowest BCUT2D eigenvalue weighted by molar-refractivity contribution is -0.671. The van der Waals surface area contributed by atoms with Gasteiger partial charge in [0.25, 0.3) is 5.91 Å². The molecule has 2 aromatic rings. The van der Waals surface area contributed by atoms with E-state index < -0.39 is 30.5 Å². The van der Waals surface area contributed by atoms with Gasteiger partial charge in [0.2, 0.25) is 29.7 Å². The van der Waals surface area contributed by atoms with Crippen LogP contribution in [0.4, 0.5) is 0 Å². The average Bonchev–Trinajstić information content (AvgIpc) is 3.79. The van der Waals surface area contributed by atoms with Crippen molar-refractivity contribution in [3.05, 3.63) is 76.7 Å². The van der Waals surface area contributed by atoms with E-state index in [0.717, 1.165) is 56.1 Å². The Morgan fingerprint density at radius 3 is 2.07 bits per heavy atom. The van der Waals surface area contributed by atoms with Crippen molar-refractivity contribution in [2.45, 2.75) is 172 Å². The number of nitroso groups, excluding NO2 is 1. The van der Waals surface area contributed by atoms with Gasteiger partial charge >= 0.3 is 6.23 Å². The van der Waals surface area contributed by atoms with Crippen molar-refractivity contribution in [3.8, 4) is 23.7 Å². The Labute approximate surface area is 419 Å². The van der Waals surface area contributed by atoms with Crippen LogP contribution < -0.4 is 16.0 Å². The summed E-state index contributed by atoms with van der Waals surface area (Å²) < 4.78 is 13.5. The minimum absolute atomic E-state index is 0.0174. The fraction of sp³-hybridized carbons (Fsp3) is 0.625. The molecule has 13 atom stereocenters. The van der Waals surface area contributed by atoms with E-state index in [4.69, 9.17) is 9.47 Å². The van der Waals surface area contributed by atoms with Crippen molar-refractivity contribution < 1.29 is 38.2 Å². The molecule has 6 aliphatic rings. The van der Waals surface area contributed by atoms with E-state index in [-0.39, 0.29) is 84.3 Å². The van der Waals surface area contributed by atoms with Gasteiger partial charge in [-0.3, -0.25) is 24.0 Å². The van der Waals surface area contributed by atoms with Gasteiger partial charge in [-0.05, 0) is 125 Å². The molecule has 0 radical (unpaired) electrons. The number of carbonyl (C=O) groups excluding carboxylic acids is 5. The molecule has 8 rings (SSSR count). The van der Waals surface area contributed by atoms with Crippen molar-refractivity contribution >= 4 is 29.5 Å². The Morgan fingerprint density at radius 1 is 0.789 bits per heavy atom. The summed E-state index contributed by atoms with van der Waals surface area (Å²) in [6, 6.07) is 16.7. The largest absolute Gasteiger partial charge is 0.351 e. The standard InChI is InChI=1S/C56H73N7O8/c1-6-37(2)50(64)58-45-25-17-23-42-33-41-27-28-43(34-47(41)61(42)52(45)66)63(69)55(40-21-13-10-14-22-40)71-32-16-8-7-15-31-70-49(39-19-11-9-12-20-39)54(68)60-30-29-56(4)35-44-24-18-26-46(59-51(65)38(3)57-5)53(67)62(44)48(56)36-60/h9-14,19-22,37-38,41-49,55,57H,6,17-18,23-36H2,1-5H3,(H-,58,59,64,65)/p+1/t37-,38+,41-,42+,43?,44+,45+,46+,47-,48-,49?,55?,56-/m1/s1. The van der Waals surface area contributed by atoms with E-state index in [1.54, 1.807) is 14.0 Å². The lowest BCUT2D eigenvalue weighted by Crippen LogP contribution is -2.59. The van der Waals surface area contributed by atoms with Crippen molar-refractivity contribution in [1.29, 1.82) is 0 Å².